The van der Waals surface area contributed by atoms with Gasteiger partial charge in [0, 0.05) is 31.0 Å². The number of amides is 1. The molecule has 25 heavy (non-hydrogen) atoms. The zero-order valence-electron chi connectivity index (χ0n) is 14.2. The highest BCUT2D eigenvalue weighted by molar-refractivity contribution is 7.89. The third-order valence-corrected chi connectivity index (χ3v) is 5.11. The van der Waals surface area contributed by atoms with Gasteiger partial charge in [0.05, 0.1) is 4.90 Å². The van der Waals surface area contributed by atoms with Crippen LogP contribution in [0.25, 0.3) is 0 Å². The summed E-state index contributed by atoms with van der Waals surface area (Å²) in [4.78, 5) is 16.3. The summed E-state index contributed by atoms with van der Waals surface area (Å²) in [5.74, 6) is -0.327. The van der Waals surface area contributed by atoms with Crippen molar-refractivity contribution >= 4 is 15.9 Å². The van der Waals surface area contributed by atoms with Crippen LogP contribution in [-0.2, 0) is 16.6 Å². The normalized spacial score (nSPS) is 11.2. The number of aromatic nitrogens is 1. The molecule has 2 N–H and O–H groups in total. The van der Waals surface area contributed by atoms with Gasteiger partial charge < -0.3 is 5.32 Å². The van der Waals surface area contributed by atoms with Crippen molar-refractivity contribution in [3.63, 3.8) is 0 Å². The number of nitrogens with zero attached hydrogens (tertiary/aromatic N) is 1. The molecule has 0 radical (unpaired) electrons. The van der Waals surface area contributed by atoms with Crippen LogP contribution >= 0.6 is 0 Å². The smallest absolute Gasteiger partial charge is 0.251 e. The number of nitrogens with one attached hydrogen (secondary N) is 2. The van der Waals surface area contributed by atoms with Gasteiger partial charge in [0.2, 0.25) is 10.0 Å². The lowest BCUT2D eigenvalue weighted by molar-refractivity contribution is 0.0950. The van der Waals surface area contributed by atoms with Crippen molar-refractivity contribution in [1.29, 1.82) is 0 Å². The fourth-order valence-electron chi connectivity index (χ4n) is 2.26. The summed E-state index contributed by atoms with van der Waals surface area (Å²) in [7, 11) is -3.60. The second-order valence-electron chi connectivity index (χ2n) is 5.68. The molecule has 0 fully saturated rings. The summed E-state index contributed by atoms with van der Waals surface area (Å²) in [5.41, 5.74) is 1.18. The molecule has 0 aliphatic carbocycles. The first kappa shape index (κ1) is 19.1. The minimum atomic E-state index is -3.60. The molecule has 0 spiro atoms. The minimum Gasteiger partial charge on any atom is -0.348 e. The molecular formula is C18H23N3O3S. The van der Waals surface area contributed by atoms with Crippen LogP contribution < -0.4 is 10.0 Å². The molecule has 0 saturated heterocycles. The lowest BCUT2D eigenvalue weighted by atomic mass is 10.2. The molecular weight excluding hydrogens is 338 g/mol. The van der Waals surface area contributed by atoms with Crippen LogP contribution in [0.3, 0.4) is 0 Å². The fourth-order valence-corrected chi connectivity index (χ4v) is 3.38. The van der Waals surface area contributed by atoms with E-state index in [1.165, 1.54) is 12.1 Å². The highest BCUT2D eigenvalue weighted by atomic mass is 32.2. The SMILES string of the molecule is CCCCCNS(=O)(=O)c1cccc(C(=O)NCc2cccnc2)c1. The Labute approximate surface area is 148 Å². The Bertz CT molecular complexity index is 792. The molecule has 134 valence electrons. The first-order valence-electron chi connectivity index (χ1n) is 8.30. The summed E-state index contributed by atoms with van der Waals surface area (Å²) < 4.78 is 27.2. The van der Waals surface area contributed by atoms with E-state index in [1.54, 1.807) is 30.6 Å². The van der Waals surface area contributed by atoms with E-state index in [4.69, 9.17) is 0 Å². The van der Waals surface area contributed by atoms with E-state index >= 15 is 0 Å². The molecule has 2 aromatic rings. The van der Waals surface area contributed by atoms with E-state index in [0.29, 0.717) is 18.7 Å². The van der Waals surface area contributed by atoms with Crippen molar-refractivity contribution in [3.8, 4) is 0 Å². The van der Waals surface area contributed by atoms with Crippen LogP contribution in [0.5, 0.6) is 0 Å². The first-order valence-corrected chi connectivity index (χ1v) is 9.78. The van der Waals surface area contributed by atoms with Crippen molar-refractivity contribution < 1.29 is 13.2 Å². The second kappa shape index (κ2) is 9.29. The van der Waals surface area contributed by atoms with Gasteiger partial charge in [0.1, 0.15) is 0 Å². The van der Waals surface area contributed by atoms with Gasteiger partial charge in [-0.25, -0.2) is 13.1 Å². The molecule has 0 atom stereocenters. The van der Waals surface area contributed by atoms with Crippen LogP contribution in [0.2, 0.25) is 0 Å². The molecule has 1 heterocycles. The summed E-state index contributed by atoms with van der Waals surface area (Å²) in [6.07, 6.45) is 6.11. The summed E-state index contributed by atoms with van der Waals surface area (Å²) in [6, 6.07) is 9.68. The summed E-state index contributed by atoms with van der Waals surface area (Å²) >= 11 is 0. The van der Waals surface area contributed by atoms with Crippen LogP contribution in [-0.4, -0.2) is 25.9 Å². The van der Waals surface area contributed by atoms with E-state index in [9.17, 15) is 13.2 Å². The number of hydrogen-bond donors (Lipinski definition) is 2. The predicted octanol–water partition coefficient (Wildman–Crippen LogP) is 2.48. The maximum absolute atomic E-state index is 12.3. The minimum absolute atomic E-state index is 0.0954. The topological polar surface area (TPSA) is 88.2 Å². The maximum atomic E-state index is 12.3. The van der Waals surface area contributed by atoms with Gasteiger partial charge in [-0.3, -0.25) is 9.78 Å². The van der Waals surface area contributed by atoms with E-state index in [2.05, 4.69) is 21.9 Å². The molecule has 0 aliphatic heterocycles. The van der Waals surface area contributed by atoms with Crippen LogP contribution in [0.4, 0.5) is 0 Å². The summed E-state index contributed by atoms with van der Waals surface area (Å²) in [5, 5.41) is 2.76. The number of carbonyl (C=O) groups excluding carboxylic acids is 1. The number of benzene rings is 1. The monoisotopic (exact) mass is 361 g/mol. The van der Waals surface area contributed by atoms with Crippen LogP contribution in [0, 0.1) is 0 Å². The van der Waals surface area contributed by atoms with E-state index in [-0.39, 0.29) is 10.8 Å². The van der Waals surface area contributed by atoms with E-state index in [0.717, 1.165) is 24.8 Å². The lowest BCUT2D eigenvalue weighted by Gasteiger charge is -2.09. The molecule has 1 amide bonds. The number of pyridine rings is 1. The van der Waals surface area contributed by atoms with Crippen molar-refractivity contribution in [2.75, 3.05) is 6.54 Å². The average molecular weight is 361 g/mol. The highest BCUT2D eigenvalue weighted by Crippen LogP contribution is 2.12. The Hall–Kier alpha value is -2.25. The molecule has 0 bridgehead atoms. The highest BCUT2D eigenvalue weighted by Gasteiger charge is 2.15. The molecule has 0 unspecified atom stereocenters. The molecule has 1 aromatic heterocycles. The van der Waals surface area contributed by atoms with Crippen LogP contribution in [0.15, 0.2) is 53.7 Å². The van der Waals surface area contributed by atoms with Gasteiger partial charge in [-0.1, -0.05) is 31.9 Å². The van der Waals surface area contributed by atoms with Gasteiger partial charge >= 0.3 is 0 Å². The molecule has 2 rings (SSSR count). The van der Waals surface area contributed by atoms with Gasteiger partial charge in [0.15, 0.2) is 0 Å². The Morgan fingerprint density at radius 1 is 1.16 bits per heavy atom. The Morgan fingerprint density at radius 2 is 2.00 bits per heavy atom. The largest absolute Gasteiger partial charge is 0.348 e. The number of unbranched alkanes of at least 4 members (excludes halogenated alkanes) is 2. The Balaban J connectivity index is 2.00. The lowest BCUT2D eigenvalue weighted by Crippen LogP contribution is -2.26. The second-order valence-corrected chi connectivity index (χ2v) is 7.44. The first-order chi connectivity index (χ1) is 12.0. The molecule has 7 heteroatoms. The van der Waals surface area contributed by atoms with Crippen molar-refractivity contribution in [2.45, 2.75) is 37.6 Å². The molecule has 1 aromatic carbocycles. The van der Waals surface area contributed by atoms with E-state index in [1.807, 2.05) is 6.07 Å². The van der Waals surface area contributed by atoms with Gasteiger partial charge in [-0.15, -0.1) is 0 Å². The predicted molar refractivity (Wildman–Crippen MR) is 96.6 cm³/mol. The van der Waals surface area contributed by atoms with E-state index < -0.39 is 10.0 Å². The fraction of sp³-hybridized carbons (Fsp3) is 0.333. The van der Waals surface area contributed by atoms with Crippen molar-refractivity contribution in [1.82, 2.24) is 15.0 Å². The molecule has 0 aliphatic rings. The quantitative estimate of drug-likeness (QED) is 0.672. The number of carbonyl (C=O) groups is 1. The number of rotatable bonds is 9. The number of sulfonamides is 1. The summed E-state index contributed by atoms with van der Waals surface area (Å²) in [6.45, 7) is 2.79. The molecule has 6 nitrogen and oxygen atoms in total. The third-order valence-electron chi connectivity index (χ3n) is 3.65. The van der Waals surface area contributed by atoms with Crippen molar-refractivity contribution in [3.05, 3.63) is 59.9 Å². The molecule has 0 saturated carbocycles. The third kappa shape index (κ3) is 5.95. The average Bonchev–Trinajstić information content (AvgIpc) is 2.64. The number of hydrogen-bond acceptors (Lipinski definition) is 4. The van der Waals surface area contributed by atoms with Gasteiger partial charge in [0.25, 0.3) is 5.91 Å². The zero-order chi connectivity index (χ0) is 18.1. The Kier molecular flexibility index (Phi) is 7.09. The van der Waals surface area contributed by atoms with Crippen molar-refractivity contribution in [2.24, 2.45) is 0 Å². The Morgan fingerprint density at radius 3 is 2.72 bits per heavy atom. The zero-order valence-corrected chi connectivity index (χ0v) is 15.1. The maximum Gasteiger partial charge on any atom is 0.251 e. The van der Waals surface area contributed by atoms with Gasteiger partial charge in [-0.2, -0.15) is 0 Å². The van der Waals surface area contributed by atoms with Crippen LogP contribution in [0.1, 0.15) is 42.1 Å². The van der Waals surface area contributed by atoms with Gasteiger partial charge in [-0.05, 0) is 36.2 Å². The standard InChI is InChI=1S/C18H23N3O3S/c1-2-3-4-11-21-25(23,24)17-9-5-8-16(12-17)18(22)20-14-15-7-6-10-19-13-15/h5-10,12-13,21H,2-4,11,14H2,1H3,(H,20,22).